The highest BCUT2D eigenvalue weighted by Gasteiger charge is 2.23. The first-order chi connectivity index (χ1) is 10.3. The average molecular weight is 276 g/mol. The van der Waals surface area contributed by atoms with Crippen molar-refractivity contribution < 1.29 is 4.79 Å². The first-order valence-electron chi connectivity index (χ1n) is 7.28. The monoisotopic (exact) mass is 276 g/mol. The van der Waals surface area contributed by atoms with Crippen LogP contribution in [-0.4, -0.2) is 16.9 Å². The second kappa shape index (κ2) is 4.77. The van der Waals surface area contributed by atoms with Crippen molar-refractivity contribution in [3.05, 3.63) is 60.3 Å². The van der Waals surface area contributed by atoms with E-state index in [2.05, 4.69) is 34.6 Å². The number of rotatable bonds is 3. The highest BCUT2D eigenvalue weighted by molar-refractivity contribution is 5.96. The number of aromatic nitrogens is 1. The molecular weight excluding hydrogens is 260 g/mol. The maximum atomic E-state index is 12.1. The van der Waals surface area contributed by atoms with Gasteiger partial charge in [0.15, 0.2) is 0 Å². The molecule has 0 atom stereocenters. The van der Waals surface area contributed by atoms with Crippen LogP contribution in [0.4, 0.5) is 0 Å². The second-order valence-corrected chi connectivity index (χ2v) is 5.61. The summed E-state index contributed by atoms with van der Waals surface area (Å²) in [5.74, 6) is 0.0297. The molecule has 2 aromatic carbocycles. The standard InChI is InChI=1S/C18H16N2O/c21-18(20-16-5-6-16)15-3-1-2-12(11-15)13-4-7-17-14(10-13)8-9-19-17/h1-4,7-11,16,19H,5-6H2,(H,20,21). The van der Waals surface area contributed by atoms with Crippen molar-refractivity contribution in [2.75, 3.05) is 0 Å². The van der Waals surface area contributed by atoms with E-state index in [4.69, 9.17) is 0 Å². The summed E-state index contributed by atoms with van der Waals surface area (Å²) in [6.45, 7) is 0. The third-order valence-electron chi connectivity index (χ3n) is 3.92. The summed E-state index contributed by atoms with van der Waals surface area (Å²) >= 11 is 0. The minimum Gasteiger partial charge on any atom is -0.361 e. The van der Waals surface area contributed by atoms with Gasteiger partial charge in [0.05, 0.1) is 0 Å². The number of aromatic amines is 1. The van der Waals surface area contributed by atoms with Crippen molar-refractivity contribution in [1.29, 1.82) is 0 Å². The van der Waals surface area contributed by atoms with Crippen molar-refractivity contribution >= 4 is 16.8 Å². The lowest BCUT2D eigenvalue weighted by Crippen LogP contribution is -2.25. The summed E-state index contributed by atoms with van der Waals surface area (Å²) in [7, 11) is 0. The average Bonchev–Trinajstić information content (AvgIpc) is 3.20. The number of fused-ring (bicyclic) bond motifs is 1. The summed E-state index contributed by atoms with van der Waals surface area (Å²) in [6, 6.07) is 16.6. The summed E-state index contributed by atoms with van der Waals surface area (Å²) in [6.07, 6.45) is 4.15. The van der Waals surface area contributed by atoms with Gasteiger partial charge in [-0.1, -0.05) is 18.2 Å². The van der Waals surface area contributed by atoms with Crippen LogP contribution < -0.4 is 5.32 Å². The molecule has 1 saturated carbocycles. The zero-order chi connectivity index (χ0) is 14.2. The normalized spacial score (nSPS) is 14.3. The fourth-order valence-electron chi connectivity index (χ4n) is 2.57. The van der Waals surface area contributed by atoms with Crippen LogP contribution in [0, 0.1) is 0 Å². The quantitative estimate of drug-likeness (QED) is 0.752. The van der Waals surface area contributed by atoms with Crippen molar-refractivity contribution in [2.24, 2.45) is 0 Å². The molecule has 1 aliphatic carbocycles. The molecule has 0 saturated heterocycles. The summed E-state index contributed by atoms with van der Waals surface area (Å²) in [4.78, 5) is 15.3. The highest BCUT2D eigenvalue weighted by Crippen LogP contribution is 2.25. The van der Waals surface area contributed by atoms with Gasteiger partial charge in [-0.2, -0.15) is 0 Å². The van der Waals surface area contributed by atoms with Gasteiger partial charge in [0.2, 0.25) is 0 Å². The van der Waals surface area contributed by atoms with Crippen molar-refractivity contribution in [3.8, 4) is 11.1 Å². The van der Waals surface area contributed by atoms with Crippen LogP contribution in [0.25, 0.3) is 22.0 Å². The van der Waals surface area contributed by atoms with E-state index in [0.29, 0.717) is 6.04 Å². The number of nitrogens with one attached hydrogen (secondary N) is 2. The molecule has 3 heteroatoms. The second-order valence-electron chi connectivity index (χ2n) is 5.61. The van der Waals surface area contributed by atoms with E-state index in [1.54, 1.807) is 0 Å². The molecule has 21 heavy (non-hydrogen) atoms. The maximum Gasteiger partial charge on any atom is 0.251 e. The SMILES string of the molecule is O=C(NC1CC1)c1cccc(-c2ccc3[nH]ccc3c2)c1. The Morgan fingerprint density at radius 2 is 1.90 bits per heavy atom. The van der Waals surface area contributed by atoms with E-state index < -0.39 is 0 Å². The van der Waals surface area contributed by atoms with E-state index in [-0.39, 0.29) is 5.91 Å². The Hall–Kier alpha value is -2.55. The minimum absolute atomic E-state index is 0.0297. The fraction of sp³-hybridized carbons (Fsp3) is 0.167. The lowest BCUT2D eigenvalue weighted by Gasteiger charge is -2.07. The van der Waals surface area contributed by atoms with Gasteiger partial charge in [-0.25, -0.2) is 0 Å². The molecule has 1 amide bonds. The zero-order valence-electron chi connectivity index (χ0n) is 11.6. The Balaban J connectivity index is 1.68. The number of hydrogen-bond donors (Lipinski definition) is 2. The Labute approximate surface area is 123 Å². The fourth-order valence-corrected chi connectivity index (χ4v) is 2.57. The molecule has 0 spiro atoms. The Kier molecular flexibility index (Phi) is 2.78. The lowest BCUT2D eigenvalue weighted by atomic mass is 10.0. The number of amides is 1. The van der Waals surface area contributed by atoms with Gasteiger partial charge in [-0.05, 0) is 59.7 Å². The van der Waals surface area contributed by atoms with Crippen LogP contribution in [0.2, 0.25) is 0 Å². The van der Waals surface area contributed by atoms with Crippen molar-refractivity contribution in [1.82, 2.24) is 10.3 Å². The smallest absolute Gasteiger partial charge is 0.251 e. The molecule has 3 aromatic rings. The van der Waals surface area contributed by atoms with Crippen LogP contribution in [-0.2, 0) is 0 Å². The predicted octanol–water partition coefficient (Wildman–Crippen LogP) is 3.73. The van der Waals surface area contributed by atoms with Gasteiger partial charge < -0.3 is 10.3 Å². The molecule has 0 bridgehead atoms. The number of benzene rings is 2. The molecule has 2 N–H and O–H groups in total. The number of carbonyl (C=O) groups is 1. The minimum atomic E-state index is 0.0297. The first kappa shape index (κ1) is 12.2. The van der Waals surface area contributed by atoms with Crippen LogP contribution in [0.5, 0.6) is 0 Å². The van der Waals surface area contributed by atoms with Gasteiger partial charge in [0.25, 0.3) is 5.91 Å². The molecule has 3 nitrogen and oxygen atoms in total. The van der Waals surface area contributed by atoms with Gasteiger partial charge in [-0.3, -0.25) is 4.79 Å². The van der Waals surface area contributed by atoms with E-state index in [1.165, 1.54) is 5.39 Å². The molecule has 0 unspecified atom stereocenters. The summed E-state index contributed by atoms with van der Waals surface area (Å²) < 4.78 is 0. The van der Waals surface area contributed by atoms with Crippen LogP contribution >= 0.6 is 0 Å². The molecule has 104 valence electrons. The van der Waals surface area contributed by atoms with Gasteiger partial charge in [0.1, 0.15) is 0 Å². The Morgan fingerprint density at radius 3 is 2.76 bits per heavy atom. The number of H-pyrrole nitrogens is 1. The molecule has 1 heterocycles. The zero-order valence-corrected chi connectivity index (χ0v) is 11.6. The molecule has 1 aliphatic rings. The predicted molar refractivity (Wildman–Crippen MR) is 84.2 cm³/mol. The van der Waals surface area contributed by atoms with Crippen LogP contribution in [0.1, 0.15) is 23.2 Å². The molecule has 0 radical (unpaired) electrons. The van der Waals surface area contributed by atoms with Crippen molar-refractivity contribution in [2.45, 2.75) is 18.9 Å². The third-order valence-corrected chi connectivity index (χ3v) is 3.92. The molecule has 1 fully saturated rings. The Morgan fingerprint density at radius 1 is 1.05 bits per heavy atom. The molecule has 0 aliphatic heterocycles. The van der Waals surface area contributed by atoms with E-state index >= 15 is 0 Å². The van der Waals surface area contributed by atoms with Gasteiger partial charge >= 0.3 is 0 Å². The molecule has 1 aromatic heterocycles. The summed E-state index contributed by atoms with van der Waals surface area (Å²) in [5.41, 5.74) is 4.06. The lowest BCUT2D eigenvalue weighted by molar-refractivity contribution is 0.0951. The first-order valence-corrected chi connectivity index (χ1v) is 7.28. The van der Waals surface area contributed by atoms with Crippen LogP contribution in [0.3, 0.4) is 0 Å². The third kappa shape index (κ3) is 2.42. The van der Waals surface area contributed by atoms with E-state index in [0.717, 1.165) is 35.0 Å². The maximum absolute atomic E-state index is 12.1. The van der Waals surface area contributed by atoms with Crippen molar-refractivity contribution in [3.63, 3.8) is 0 Å². The Bertz CT molecular complexity index is 815. The van der Waals surface area contributed by atoms with E-state index in [1.807, 2.05) is 30.5 Å². The van der Waals surface area contributed by atoms with Gasteiger partial charge in [0, 0.05) is 23.3 Å². The van der Waals surface area contributed by atoms with E-state index in [9.17, 15) is 4.79 Å². The largest absolute Gasteiger partial charge is 0.361 e. The highest BCUT2D eigenvalue weighted by atomic mass is 16.1. The number of carbonyl (C=O) groups excluding carboxylic acids is 1. The summed E-state index contributed by atoms with van der Waals surface area (Å²) in [5, 5.41) is 4.21. The van der Waals surface area contributed by atoms with Gasteiger partial charge in [-0.15, -0.1) is 0 Å². The van der Waals surface area contributed by atoms with Crippen LogP contribution in [0.15, 0.2) is 54.7 Å². The molecular formula is C18H16N2O. The number of hydrogen-bond acceptors (Lipinski definition) is 1. The molecule has 4 rings (SSSR count). The topological polar surface area (TPSA) is 44.9 Å².